The maximum atomic E-state index is 12.8. The third-order valence-corrected chi connectivity index (χ3v) is 5.71. The smallest absolute Gasteiger partial charge is 0.253 e. The van der Waals surface area contributed by atoms with Crippen LogP contribution >= 0.6 is 11.6 Å². The van der Waals surface area contributed by atoms with Crippen molar-refractivity contribution in [2.75, 3.05) is 44.7 Å². The SMILES string of the molecule is CCN(CC)CCNC(=O)c1cc(Cl)ccc1N(C)CC1CCCCC1. The van der Waals surface area contributed by atoms with Gasteiger partial charge in [-0.1, -0.05) is 44.7 Å². The average Bonchev–Trinajstić information content (AvgIpc) is 2.65. The Kier molecular flexibility index (Phi) is 8.73. The Morgan fingerprint density at radius 2 is 1.88 bits per heavy atom. The number of nitrogens with zero attached hydrogens (tertiary/aromatic N) is 2. The molecule has 0 bridgehead atoms. The number of rotatable bonds is 9. The molecule has 4 nitrogen and oxygen atoms in total. The number of hydrogen-bond donors (Lipinski definition) is 1. The largest absolute Gasteiger partial charge is 0.374 e. The Hall–Kier alpha value is -1.26. The van der Waals surface area contributed by atoms with Crippen LogP contribution in [0.2, 0.25) is 5.02 Å². The lowest BCUT2D eigenvalue weighted by Crippen LogP contribution is -2.36. The first-order chi connectivity index (χ1) is 12.5. The van der Waals surface area contributed by atoms with Gasteiger partial charge in [0.2, 0.25) is 0 Å². The average molecular weight is 380 g/mol. The zero-order chi connectivity index (χ0) is 18.9. The highest BCUT2D eigenvalue weighted by Gasteiger charge is 2.19. The van der Waals surface area contributed by atoms with Crippen molar-refractivity contribution in [1.29, 1.82) is 0 Å². The van der Waals surface area contributed by atoms with Gasteiger partial charge >= 0.3 is 0 Å². The van der Waals surface area contributed by atoms with Crippen LogP contribution in [0.3, 0.4) is 0 Å². The zero-order valence-electron chi connectivity index (χ0n) is 16.6. The molecule has 0 atom stereocenters. The maximum absolute atomic E-state index is 12.8. The number of likely N-dealkylation sites (N-methyl/N-ethyl adjacent to an activating group) is 1. The number of carbonyl (C=O) groups excluding carboxylic acids is 1. The summed E-state index contributed by atoms with van der Waals surface area (Å²) in [6, 6.07) is 5.65. The van der Waals surface area contributed by atoms with E-state index in [0.717, 1.165) is 37.8 Å². The second kappa shape index (κ2) is 10.8. The van der Waals surface area contributed by atoms with Crippen LogP contribution in [0.1, 0.15) is 56.3 Å². The molecule has 26 heavy (non-hydrogen) atoms. The Morgan fingerprint density at radius 1 is 1.19 bits per heavy atom. The third kappa shape index (κ3) is 6.17. The molecule has 1 fully saturated rings. The van der Waals surface area contributed by atoms with E-state index in [1.54, 1.807) is 6.07 Å². The summed E-state index contributed by atoms with van der Waals surface area (Å²) in [5.74, 6) is 0.688. The molecular weight excluding hydrogens is 346 g/mol. The van der Waals surface area contributed by atoms with Gasteiger partial charge in [-0.15, -0.1) is 0 Å². The molecule has 1 saturated carbocycles. The molecule has 2 rings (SSSR count). The van der Waals surface area contributed by atoms with E-state index in [0.29, 0.717) is 17.1 Å². The molecule has 146 valence electrons. The summed E-state index contributed by atoms with van der Waals surface area (Å²) < 4.78 is 0. The number of nitrogens with one attached hydrogen (secondary N) is 1. The Labute approximate surface area is 163 Å². The van der Waals surface area contributed by atoms with Crippen LogP contribution in [-0.2, 0) is 0 Å². The normalized spacial score (nSPS) is 15.3. The molecule has 0 radical (unpaired) electrons. The highest BCUT2D eigenvalue weighted by molar-refractivity contribution is 6.31. The van der Waals surface area contributed by atoms with Crippen molar-refractivity contribution in [3.8, 4) is 0 Å². The van der Waals surface area contributed by atoms with E-state index in [1.165, 1.54) is 32.1 Å². The minimum atomic E-state index is -0.0369. The molecule has 0 unspecified atom stereocenters. The van der Waals surface area contributed by atoms with Crippen LogP contribution in [0, 0.1) is 5.92 Å². The van der Waals surface area contributed by atoms with Crippen molar-refractivity contribution < 1.29 is 4.79 Å². The summed E-state index contributed by atoms with van der Waals surface area (Å²) in [5, 5.41) is 3.66. The van der Waals surface area contributed by atoms with Gasteiger partial charge < -0.3 is 15.1 Å². The molecule has 1 amide bonds. The molecule has 1 aliphatic rings. The summed E-state index contributed by atoms with van der Waals surface area (Å²) in [4.78, 5) is 17.3. The van der Waals surface area contributed by atoms with Crippen molar-refractivity contribution in [3.63, 3.8) is 0 Å². The highest BCUT2D eigenvalue weighted by Crippen LogP contribution is 2.28. The topological polar surface area (TPSA) is 35.6 Å². The van der Waals surface area contributed by atoms with E-state index in [4.69, 9.17) is 11.6 Å². The predicted molar refractivity (Wildman–Crippen MR) is 111 cm³/mol. The second-order valence-electron chi connectivity index (χ2n) is 7.33. The van der Waals surface area contributed by atoms with Gasteiger partial charge in [0.1, 0.15) is 0 Å². The number of carbonyl (C=O) groups is 1. The van der Waals surface area contributed by atoms with Gasteiger partial charge in [-0.2, -0.15) is 0 Å². The molecular formula is C21H34ClN3O. The van der Waals surface area contributed by atoms with Crippen molar-refractivity contribution in [1.82, 2.24) is 10.2 Å². The Balaban J connectivity index is 2.02. The lowest BCUT2D eigenvalue weighted by Gasteiger charge is -2.29. The van der Waals surface area contributed by atoms with Crippen LogP contribution in [-0.4, -0.2) is 50.6 Å². The quantitative estimate of drug-likeness (QED) is 0.689. The van der Waals surface area contributed by atoms with E-state index < -0.39 is 0 Å². The van der Waals surface area contributed by atoms with Gasteiger partial charge in [-0.05, 0) is 50.0 Å². The summed E-state index contributed by atoms with van der Waals surface area (Å²) >= 11 is 6.18. The maximum Gasteiger partial charge on any atom is 0.253 e. The molecule has 0 aromatic heterocycles. The van der Waals surface area contributed by atoms with Gasteiger partial charge in [0, 0.05) is 37.4 Å². The monoisotopic (exact) mass is 379 g/mol. The molecule has 1 aromatic carbocycles. The van der Waals surface area contributed by atoms with E-state index >= 15 is 0 Å². The molecule has 1 aromatic rings. The number of hydrogen-bond acceptors (Lipinski definition) is 3. The first-order valence-electron chi connectivity index (χ1n) is 10.1. The van der Waals surface area contributed by atoms with Crippen molar-refractivity contribution in [3.05, 3.63) is 28.8 Å². The molecule has 5 heteroatoms. The van der Waals surface area contributed by atoms with Crippen LogP contribution in [0.15, 0.2) is 18.2 Å². The molecule has 0 heterocycles. The van der Waals surface area contributed by atoms with Gasteiger partial charge in [0.05, 0.1) is 5.56 Å². The first-order valence-corrected chi connectivity index (χ1v) is 10.4. The van der Waals surface area contributed by atoms with Crippen molar-refractivity contribution in [2.45, 2.75) is 46.0 Å². The fourth-order valence-corrected chi connectivity index (χ4v) is 4.01. The fourth-order valence-electron chi connectivity index (χ4n) is 3.84. The van der Waals surface area contributed by atoms with Gasteiger partial charge in [-0.25, -0.2) is 0 Å². The highest BCUT2D eigenvalue weighted by atomic mass is 35.5. The van der Waals surface area contributed by atoms with E-state index in [2.05, 4.69) is 36.0 Å². The van der Waals surface area contributed by atoms with Crippen molar-refractivity contribution >= 4 is 23.2 Å². The Morgan fingerprint density at radius 3 is 2.54 bits per heavy atom. The summed E-state index contributed by atoms with van der Waals surface area (Å²) in [5.41, 5.74) is 1.65. The van der Waals surface area contributed by atoms with Crippen LogP contribution in [0.5, 0.6) is 0 Å². The number of anilines is 1. The first kappa shape index (κ1) is 21.0. The van der Waals surface area contributed by atoms with Gasteiger partial charge in [0.15, 0.2) is 0 Å². The van der Waals surface area contributed by atoms with Crippen LogP contribution in [0.4, 0.5) is 5.69 Å². The molecule has 1 N–H and O–H groups in total. The molecule has 1 aliphatic carbocycles. The zero-order valence-corrected chi connectivity index (χ0v) is 17.3. The summed E-state index contributed by atoms with van der Waals surface area (Å²) in [6.45, 7) is 8.80. The third-order valence-electron chi connectivity index (χ3n) is 5.48. The van der Waals surface area contributed by atoms with Crippen LogP contribution in [0.25, 0.3) is 0 Å². The second-order valence-corrected chi connectivity index (χ2v) is 7.77. The molecule has 0 aliphatic heterocycles. The number of amides is 1. The molecule has 0 saturated heterocycles. The van der Waals surface area contributed by atoms with Gasteiger partial charge in [0.25, 0.3) is 5.91 Å². The number of halogens is 1. The minimum absolute atomic E-state index is 0.0369. The summed E-state index contributed by atoms with van der Waals surface area (Å²) in [7, 11) is 2.09. The van der Waals surface area contributed by atoms with E-state index in [1.807, 2.05) is 12.1 Å². The Bertz CT molecular complexity index is 568. The van der Waals surface area contributed by atoms with Crippen molar-refractivity contribution in [2.24, 2.45) is 5.92 Å². The lowest BCUT2D eigenvalue weighted by molar-refractivity contribution is 0.0949. The predicted octanol–water partition coefficient (Wildman–Crippen LogP) is 4.43. The molecule has 0 spiro atoms. The summed E-state index contributed by atoms with van der Waals surface area (Å²) in [6.07, 6.45) is 6.61. The number of benzene rings is 1. The fraction of sp³-hybridized carbons (Fsp3) is 0.667. The van der Waals surface area contributed by atoms with Gasteiger partial charge in [-0.3, -0.25) is 4.79 Å². The minimum Gasteiger partial charge on any atom is -0.374 e. The van der Waals surface area contributed by atoms with E-state index in [-0.39, 0.29) is 5.91 Å². The lowest BCUT2D eigenvalue weighted by atomic mass is 9.89. The van der Waals surface area contributed by atoms with E-state index in [9.17, 15) is 4.79 Å². The van der Waals surface area contributed by atoms with Crippen LogP contribution < -0.4 is 10.2 Å². The standard InChI is InChI=1S/C21H34ClN3O/c1-4-25(5-2)14-13-23-21(26)19-15-18(22)11-12-20(19)24(3)16-17-9-7-6-8-10-17/h11-12,15,17H,4-10,13-14,16H2,1-3H3,(H,23,26).